The summed E-state index contributed by atoms with van der Waals surface area (Å²) in [6.45, 7) is -0.525. The number of nitrogens with one attached hydrogen (secondary N) is 1. The number of nitrogens with zero attached hydrogens (tertiary/aromatic N) is 2. The summed E-state index contributed by atoms with van der Waals surface area (Å²) < 4.78 is 39.0. The highest BCUT2D eigenvalue weighted by Crippen LogP contribution is 2.32. The highest BCUT2D eigenvalue weighted by Gasteiger charge is 2.29. The van der Waals surface area contributed by atoms with Gasteiger partial charge in [-0.25, -0.2) is 13.8 Å². The lowest BCUT2D eigenvalue weighted by atomic mass is 9.97. The monoisotopic (exact) mass is 553 g/mol. The lowest BCUT2D eigenvalue weighted by Gasteiger charge is -2.25. The average molecular weight is 554 g/mol. The van der Waals surface area contributed by atoms with E-state index >= 15 is 0 Å². The molecule has 5 aromatic rings. The van der Waals surface area contributed by atoms with Gasteiger partial charge in [-0.3, -0.25) is 9.10 Å². The van der Waals surface area contributed by atoms with Crippen molar-refractivity contribution in [3.8, 4) is 11.5 Å². The highest BCUT2D eigenvalue weighted by atomic mass is 32.2. The van der Waals surface area contributed by atoms with Crippen LogP contribution in [0.1, 0.15) is 5.56 Å². The van der Waals surface area contributed by atoms with Crippen LogP contribution < -0.4 is 19.2 Å². The number of anilines is 1. The van der Waals surface area contributed by atoms with Crippen LogP contribution >= 0.6 is 0 Å². The first kappa shape index (κ1) is 26.7. The number of sulfonamides is 1. The van der Waals surface area contributed by atoms with Gasteiger partial charge in [0, 0.05) is 5.56 Å². The predicted molar refractivity (Wildman–Crippen MR) is 158 cm³/mol. The first-order valence-corrected chi connectivity index (χ1v) is 13.9. The minimum absolute atomic E-state index is 0.00210. The second-order valence-corrected chi connectivity index (χ2v) is 10.7. The van der Waals surface area contributed by atoms with Crippen molar-refractivity contribution in [3.63, 3.8) is 0 Å². The summed E-state index contributed by atoms with van der Waals surface area (Å²) in [5.74, 6) is 0.192. The zero-order chi connectivity index (χ0) is 28.1. The fourth-order valence-electron chi connectivity index (χ4n) is 4.53. The summed E-state index contributed by atoms with van der Waals surface area (Å²) in [7, 11) is -1.22. The predicted octanol–water partition coefficient (Wildman–Crippen LogP) is 5.36. The minimum atomic E-state index is -4.16. The highest BCUT2D eigenvalue weighted by molar-refractivity contribution is 7.92. The standard InChI is InChI=1S/C31H27N3O5S/c1-38-24-15-17-25(18-16-24)40(36,37)34(29-13-7-8-14-30(29)39-2)21-31(35)33-32-20-28-26-11-5-3-9-22(26)19-23-10-4-6-12-27(23)28/h3-20H,21H2,1-2H3,(H,33,35)/b32-20-. The quantitative estimate of drug-likeness (QED) is 0.151. The van der Waals surface area contributed by atoms with E-state index in [0.29, 0.717) is 11.5 Å². The Morgan fingerprint density at radius 3 is 2.05 bits per heavy atom. The van der Waals surface area contributed by atoms with Crippen LogP contribution in [0.25, 0.3) is 21.5 Å². The molecule has 0 atom stereocenters. The summed E-state index contributed by atoms with van der Waals surface area (Å²) in [6.07, 6.45) is 1.59. The molecule has 0 spiro atoms. The zero-order valence-corrected chi connectivity index (χ0v) is 22.8. The van der Waals surface area contributed by atoms with Crippen molar-refractivity contribution in [2.24, 2.45) is 5.10 Å². The molecule has 0 aliphatic heterocycles. The summed E-state index contributed by atoms with van der Waals surface area (Å²) in [5, 5.41) is 8.27. The van der Waals surface area contributed by atoms with E-state index in [1.54, 1.807) is 42.6 Å². The van der Waals surface area contributed by atoms with Gasteiger partial charge in [-0.2, -0.15) is 5.10 Å². The minimum Gasteiger partial charge on any atom is -0.497 e. The first-order chi connectivity index (χ1) is 19.4. The number of amides is 1. The number of carbonyl (C=O) groups is 1. The number of benzene rings is 5. The maximum absolute atomic E-state index is 13.7. The maximum Gasteiger partial charge on any atom is 0.264 e. The molecule has 0 aromatic heterocycles. The maximum atomic E-state index is 13.7. The number of hydrogen-bond donors (Lipinski definition) is 1. The molecule has 202 valence electrons. The molecule has 8 nitrogen and oxygen atoms in total. The Labute approximate surface area is 232 Å². The van der Waals surface area contributed by atoms with Gasteiger partial charge in [0.2, 0.25) is 0 Å². The molecule has 0 aliphatic carbocycles. The van der Waals surface area contributed by atoms with Crippen molar-refractivity contribution in [3.05, 3.63) is 109 Å². The Morgan fingerprint density at radius 2 is 1.43 bits per heavy atom. The van der Waals surface area contributed by atoms with E-state index in [1.807, 2.05) is 48.5 Å². The number of hydrazone groups is 1. The van der Waals surface area contributed by atoms with E-state index < -0.39 is 22.5 Å². The molecule has 0 heterocycles. The van der Waals surface area contributed by atoms with Gasteiger partial charge in [0.05, 0.1) is 31.0 Å². The molecule has 0 radical (unpaired) electrons. The number of rotatable bonds is 9. The largest absolute Gasteiger partial charge is 0.497 e. The summed E-state index contributed by atoms with van der Waals surface area (Å²) in [5.41, 5.74) is 3.57. The van der Waals surface area contributed by atoms with Crippen LogP contribution in [-0.4, -0.2) is 41.3 Å². The fraction of sp³-hybridized carbons (Fsp3) is 0.0968. The third-order valence-corrected chi connectivity index (χ3v) is 8.26. The fourth-order valence-corrected chi connectivity index (χ4v) is 5.96. The molecular formula is C31H27N3O5S. The third-order valence-electron chi connectivity index (χ3n) is 6.48. The first-order valence-electron chi connectivity index (χ1n) is 12.4. The lowest BCUT2D eigenvalue weighted by Crippen LogP contribution is -2.39. The summed E-state index contributed by atoms with van der Waals surface area (Å²) >= 11 is 0. The molecular weight excluding hydrogens is 526 g/mol. The Bertz CT molecular complexity index is 1770. The molecule has 1 amide bonds. The molecule has 1 N–H and O–H groups in total. The molecule has 0 saturated carbocycles. The molecule has 0 fully saturated rings. The van der Waals surface area contributed by atoms with E-state index in [9.17, 15) is 13.2 Å². The van der Waals surface area contributed by atoms with Crippen LogP contribution in [0.15, 0.2) is 113 Å². The van der Waals surface area contributed by atoms with Crippen LogP contribution in [0.4, 0.5) is 5.69 Å². The second kappa shape index (κ2) is 11.5. The van der Waals surface area contributed by atoms with E-state index in [4.69, 9.17) is 9.47 Å². The smallest absolute Gasteiger partial charge is 0.264 e. The summed E-state index contributed by atoms with van der Waals surface area (Å²) in [4.78, 5) is 13.1. The molecule has 5 aromatic carbocycles. The Balaban J connectivity index is 1.46. The summed E-state index contributed by atoms with van der Waals surface area (Å²) in [6, 6.07) is 30.5. The molecule has 0 unspecified atom stereocenters. The van der Waals surface area contributed by atoms with Crippen molar-refractivity contribution in [1.82, 2.24) is 5.43 Å². The van der Waals surface area contributed by atoms with E-state index in [0.717, 1.165) is 31.4 Å². The van der Waals surface area contributed by atoms with Gasteiger partial charge >= 0.3 is 0 Å². The van der Waals surface area contributed by atoms with Gasteiger partial charge < -0.3 is 9.47 Å². The van der Waals surface area contributed by atoms with Gasteiger partial charge in [0.15, 0.2) is 0 Å². The molecule has 0 saturated heterocycles. The van der Waals surface area contributed by atoms with Crippen LogP contribution in [0.3, 0.4) is 0 Å². The molecule has 9 heteroatoms. The van der Waals surface area contributed by atoms with Gasteiger partial charge in [-0.15, -0.1) is 0 Å². The lowest BCUT2D eigenvalue weighted by molar-refractivity contribution is -0.119. The molecule has 40 heavy (non-hydrogen) atoms. The number of carbonyl (C=O) groups excluding carboxylic acids is 1. The number of hydrogen-bond acceptors (Lipinski definition) is 6. The Morgan fingerprint density at radius 1 is 0.825 bits per heavy atom. The average Bonchev–Trinajstić information content (AvgIpc) is 2.99. The molecule has 0 aliphatic rings. The van der Waals surface area contributed by atoms with Crippen molar-refractivity contribution in [2.75, 3.05) is 25.1 Å². The molecule has 5 rings (SSSR count). The van der Waals surface area contributed by atoms with Crippen LogP contribution in [0, 0.1) is 0 Å². The SMILES string of the molecule is COc1ccc(S(=O)(=O)N(CC(=O)N/N=C\c2c3ccccc3cc3ccccc23)c2ccccc2OC)cc1. The topological polar surface area (TPSA) is 97.3 Å². The van der Waals surface area contributed by atoms with Gasteiger partial charge in [-0.1, -0.05) is 60.7 Å². The molecule has 0 bridgehead atoms. The number of fused-ring (bicyclic) bond motifs is 2. The normalized spacial score (nSPS) is 11.6. The number of para-hydroxylation sites is 2. The van der Waals surface area contributed by atoms with Crippen molar-refractivity contribution < 1.29 is 22.7 Å². The van der Waals surface area contributed by atoms with Crippen molar-refractivity contribution in [2.45, 2.75) is 4.90 Å². The van der Waals surface area contributed by atoms with Crippen molar-refractivity contribution in [1.29, 1.82) is 0 Å². The van der Waals surface area contributed by atoms with Crippen molar-refractivity contribution >= 4 is 49.4 Å². The van der Waals surface area contributed by atoms with E-state index in [1.165, 1.54) is 26.4 Å². The second-order valence-electron chi connectivity index (χ2n) is 8.88. The van der Waals surface area contributed by atoms with Crippen LogP contribution in [0.2, 0.25) is 0 Å². The van der Waals surface area contributed by atoms with Gasteiger partial charge in [-0.05, 0) is 64.0 Å². The number of ether oxygens (including phenoxy) is 2. The van der Waals surface area contributed by atoms with E-state index in [-0.39, 0.29) is 10.6 Å². The zero-order valence-electron chi connectivity index (χ0n) is 21.9. The van der Waals surface area contributed by atoms with Crippen LogP contribution in [-0.2, 0) is 14.8 Å². The number of methoxy groups -OCH3 is 2. The Kier molecular flexibility index (Phi) is 7.65. The van der Waals surface area contributed by atoms with Gasteiger partial charge in [0.1, 0.15) is 18.0 Å². The Hall–Kier alpha value is -4.89. The van der Waals surface area contributed by atoms with Crippen LogP contribution in [0.5, 0.6) is 11.5 Å². The van der Waals surface area contributed by atoms with Gasteiger partial charge in [0.25, 0.3) is 15.9 Å². The third kappa shape index (κ3) is 5.32. The van der Waals surface area contributed by atoms with E-state index in [2.05, 4.69) is 16.6 Å².